The number of carbonyl (C=O) groups excluding carboxylic acids is 3. The van der Waals surface area contributed by atoms with Crippen LogP contribution in [0.2, 0.25) is 0 Å². The van der Waals surface area contributed by atoms with E-state index in [9.17, 15) is 14.4 Å². The van der Waals surface area contributed by atoms with E-state index in [1.807, 2.05) is 0 Å². The number of piperazine rings is 1. The maximum Gasteiger partial charge on any atom is 0.330 e. The summed E-state index contributed by atoms with van der Waals surface area (Å²) >= 11 is 0. The summed E-state index contributed by atoms with van der Waals surface area (Å²) in [5.41, 5.74) is 0.864. The van der Waals surface area contributed by atoms with E-state index in [0.29, 0.717) is 23.4 Å². The molecular weight excluding hydrogens is 362 g/mol. The van der Waals surface area contributed by atoms with E-state index in [1.54, 1.807) is 54.6 Å². The third-order valence-electron chi connectivity index (χ3n) is 4.65. The third kappa shape index (κ3) is 3.95. The Morgan fingerprint density at radius 3 is 2.36 bits per heavy atom. The standard InChI is InChI=1S/C20H21N3O5/c1-27-16-7-5-14(6-8-16)18(24)22-10-11-23(17(13-22)20(26)28-2)19(25)15-4-3-9-21-12-15/h3-9,12,17H,10-11,13H2,1-2H3/t17-/m1/s1. The van der Waals surface area contributed by atoms with Crippen molar-refractivity contribution in [2.24, 2.45) is 0 Å². The van der Waals surface area contributed by atoms with Gasteiger partial charge in [0.1, 0.15) is 11.8 Å². The molecule has 1 aromatic carbocycles. The second-order valence-corrected chi connectivity index (χ2v) is 6.26. The van der Waals surface area contributed by atoms with Gasteiger partial charge in [-0.25, -0.2) is 4.79 Å². The fourth-order valence-corrected chi connectivity index (χ4v) is 3.12. The van der Waals surface area contributed by atoms with Crippen LogP contribution in [0.15, 0.2) is 48.8 Å². The Balaban J connectivity index is 1.79. The van der Waals surface area contributed by atoms with Crippen LogP contribution >= 0.6 is 0 Å². The first-order valence-electron chi connectivity index (χ1n) is 8.77. The van der Waals surface area contributed by atoms with Crippen LogP contribution in [0, 0.1) is 0 Å². The number of amides is 2. The SMILES string of the molecule is COC(=O)[C@H]1CN(C(=O)c2ccc(OC)cc2)CCN1C(=O)c1cccnc1. The van der Waals surface area contributed by atoms with Crippen molar-refractivity contribution in [1.29, 1.82) is 0 Å². The Hall–Kier alpha value is -3.42. The van der Waals surface area contributed by atoms with Crippen molar-refractivity contribution in [3.63, 3.8) is 0 Å². The largest absolute Gasteiger partial charge is 0.497 e. The zero-order valence-electron chi connectivity index (χ0n) is 15.7. The van der Waals surface area contributed by atoms with Gasteiger partial charge in [-0.1, -0.05) is 0 Å². The molecule has 1 aliphatic heterocycles. The average Bonchev–Trinajstić information content (AvgIpc) is 2.77. The molecule has 0 saturated carbocycles. The first-order chi connectivity index (χ1) is 13.5. The molecule has 0 radical (unpaired) electrons. The molecular formula is C20H21N3O5. The zero-order chi connectivity index (χ0) is 20.1. The number of pyridine rings is 1. The van der Waals surface area contributed by atoms with Gasteiger partial charge >= 0.3 is 5.97 Å². The summed E-state index contributed by atoms with van der Waals surface area (Å²) in [6, 6.07) is 9.15. The van der Waals surface area contributed by atoms with Crippen LogP contribution in [-0.2, 0) is 9.53 Å². The second-order valence-electron chi connectivity index (χ2n) is 6.26. The van der Waals surface area contributed by atoms with Crippen LogP contribution in [0.4, 0.5) is 0 Å². The molecule has 0 spiro atoms. The number of nitrogens with zero attached hydrogens (tertiary/aromatic N) is 3. The minimum Gasteiger partial charge on any atom is -0.497 e. The molecule has 1 atom stereocenters. The smallest absolute Gasteiger partial charge is 0.330 e. The molecule has 1 aromatic heterocycles. The number of rotatable bonds is 4. The highest BCUT2D eigenvalue weighted by molar-refractivity contribution is 5.98. The second kappa shape index (κ2) is 8.51. The van der Waals surface area contributed by atoms with Crippen molar-refractivity contribution in [1.82, 2.24) is 14.8 Å². The molecule has 2 aromatic rings. The lowest BCUT2D eigenvalue weighted by Crippen LogP contribution is -2.59. The minimum atomic E-state index is -0.881. The van der Waals surface area contributed by atoms with Crippen LogP contribution in [-0.4, -0.2) is 72.5 Å². The molecule has 28 heavy (non-hydrogen) atoms. The average molecular weight is 383 g/mol. The number of aromatic nitrogens is 1. The summed E-state index contributed by atoms with van der Waals surface area (Å²) in [5.74, 6) is -0.453. The van der Waals surface area contributed by atoms with Crippen LogP contribution in [0.1, 0.15) is 20.7 Å². The lowest BCUT2D eigenvalue weighted by Gasteiger charge is -2.39. The van der Waals surface area contributed by atoms with E-state index < -0.39 is 12.0 Å². The molecule has 1 aliphatic rings. The maximum absolute atomic E-state index is 12.8. The monoisotopic (exact) mass is 383 g/mol. The molecule has 8 nitrogen and oxygen atoms in total. The number of carbonyl (C=O) groups is 3. The molecule has 3 rings (SSSR count). The molecule has 2 amide bonds. The molecule has 0 unspecified atom stereocenters. The number of methoxy groups -OCH3 is 2. The number of hydrogen-bond acceptors (Lipinski definition) is 6. The van der Waals surface area contributed by atoms with Gasteiger partial charge < -0.3 is 19.3 Å². The number of esters is 1. The summed E-state index contributed by atoms with van der Waals surface area (Å²) < 4.78 is 9.97. The summed E-state index contributed by atoms with van der Waals surface area (Å²) in [6.07, 6.45) is 3.02. The van der Waals surface area contributed by atoms with Crippen LogP contribution < -0.4 is 4.74 Å². The van der Waals surface area contributed by atoms with Gasteiger partial charge in [0.05, 0.1) is 26.3 Å². The molecule has 0 bridgehead atoms. The first kappa shape index (κ1) is 19.3. The van der Waals surface area contributed by atoms with Gasteiger partial charge in [-0.05, 0) is 36.4 Å². The van der Waals surface area contributed by atoms with E-state index in [0.717, 1.165) is 0 Å². The summed E-state index contributed by atoms with van der Waals surface area (Å²) in [5, 5.41) is 0. The molecule has 1 saturated heterocycles. The Morgan fingerprint density at radius 2 is 1.75 bits per heavy atom. The van der Waals surface area contributed by atoms with Crippen LogP contribution in [0.25, 0.3) is 0 Å². The van der Waals surface area contributed by atoms with E-state index in [4.69, 9.17) is 9.47 Å². The number of hydrogen-bond donors (Lipinski definition) is 0. The Morgan fingerprint density at radius 1 is 1.00 bits per heavy atom. The molecule has 0 aliphatic carbocycles. The lowest BCUT2D eigenvalue weighted by molar-refractivity contribution is -0.147. The number of benzene rings is 1. The fraction of sp³-hybridized carbons (Fsp3) is 0.300. The van der Waals surface area contributed by atoms with E-state index >= 15 is 0 Å². The van der Waals surface area contributed by atoms with Gasteiger partial charge in [-0.15, -0.1) is 0 Å². The van der Waals surface area contributed by atoms with Gasteiger partial charge in [0.2, 0.25) is 0 Å². The molecule has 8 heteroatoms. The third-order valence-corrected chi connectivity index (χ3v) is 4.65. The topological polar surface area (TPSA) is 89.0 Å². The predicted molar refractivity (Wildman–Crippen MR) is 100.0 cm³/mol. The van der Waals surface area contributed by atoms with Crippen molar-refractivity contribution in [3.05, 3.63) is 59.9 Å². The Labute approximate surface area is 162 Å². The van der Waals surface area contributed by atoms with Gasteiger partial charge in [-0.2, -0.15) is 0 Å². The first-order valence-corrected chi connectivity index (χ1v) is 8.77. The summed E-state index contributed by atoms with van der Waals surface area (Å²) in [4.78, 5) is 44.9. The lowest BCUT2D eigenvalue weighted by atomic mass is 10.1. The van der Waals surface area contributed by atoms with E-state index in [2.05, 4.69) is 4.98 Å². The molecule has 2 heterocycles. The highest BCUT2D eigenvalue weighted by Gasteiger charge is 2.38. The molecule has 1 fully saturated rings. The van der Waals surface area contributed by atoms with Crippen LogP contribution in [0.5, 0.6) is 5.75 Å². The molecule has 146 valence electrons. The quantitative estimate of drug-likeness (QED) is 0.738. The van der Waals surface area contributed by atoms with Crippen molar-refractivity contribution in [2.75, 3.05) is 33.9 Å². The Bertz CT molecular complexity index is 854. The normalized spacial score (nSPS) is 16.4. The van der Waals surface area contributed by atoms with Crippen molar-refractivity contribution in [2.45, 2.75) is 6.04 Å². The predicted octanol–water partition coefficient (Wildman–Crippen LogP) is 1.23. The minimum absolute atomic E-state index is 0.0591. The van der Waals surface area contributed by atoms with E-state index in [1.165, 1.54) is 18.2 Å². The van der Waals surface area contributed by atoms with E-state index in [-0.39, 0.29) is 24.9 Å². The fourth-order valence-electron chi connectivity index (χ4n) is 3.12. The van der Waals surface area contributed by atoms with Crippen molar-refractivity contribution in [3.8, 4) is 5.75 Å². The summed E-state index contributed by atoms with van der Waals surface area (Å²) in [7, 11) is 2.82. The summed E-state index contributed by atoms with van der Waals surface area (Å²) in [6.45, 7) is 0.587. The Kier molecular flexibility index (Phi) is 5.88. The maximum atomic E-state index is 12.8. The number of ether oxygens (including phenoxy) is 2. The van der Waals surface area contributed by atoms with Crippen LogP contribution in [0.3, 0.4) is 0 Å². The van der Waals surface area contributed by atoms with Gasteiger partial charge in [-0.3, -0.25) is 14.6 Å². The molecule has 0 N–H and O–H groups in total. The van der Waals surface area contributed by atoms with Gasteiger partial charge in [0.15, 0.2) is 0 Å². The van der Waals surface area contributed by atoms with Gasteiger partial charge in [0.25, 0.3) is 11.8 Å². The zero-order valence-corrected chi connectivity index (χ0v) is 15.7. The highest BCUT2D eigenvalue weighted by Crippen LogP contribution is 2.19. The van der Waals surface area contributed by atoms with Crippen molar-refractivity contribution >= 4 is 17.8 Å². The highest BCUT2D eigenvalue weighted by atomic mass is 16.5. The van der Waals surface area contributed by atoms with Gasteiger partial charge in [0, 0.05) is 31.0 Å². The van der Waals surface area contributed by atoms with Crippen molar-refractivity contribution < 1.29 is 23.9 Å².